The van der Waals surface area contributed by atoms with E-state index in [2.05, 4.69) is 4.74 Å². The highest BCUT2D eigenvalue weighted by molar-refractivity contribution is 5.28. The molecular weight excluding hydrogens is 285 g/mol. The first-order valence-electron chi connectivity index (χ1n) is 6.92. The summed E-state index contributed by atoms with van der Waals surface area (Å²) in [6.45, 7) is 0. The van der Waals surface area contributed by atoms with Gasteiger partial charge in [0.2, 0.25) is 0 Å². The molecule has 0 heterocycles. The first-order valence-corrected chi connectivity index (χ1v) is 6.92. The number of benzene rings is 1. The largest absolute Gasteiger partial charge is 0.573 e. The van der Waals surface area contributed by atoms with Crippen LogP contribution in [0.2, 0.25) is 0 Å². The number of methoxy groups -OCH3 is 1. The van der Waals surface area contributed by atoms with Gasteiger partial charge in [0.25, 0.3) is 0 Å². The number of rotatable bonds is 4. The molecule has 3 nitrogen and oxygen atoms in total. The highest BCUT2D eigenvalue weighted by atomic mass is 19.4. The maximum atomic E-state index is 12.1. The standard InChI is InChI=1S/C15H19F3O3/c1-20-13-4-2-3-9-14(13,19)10-11-5-7-12(8-6-11)21-15(16,17)18/h5-8,13,19H,2-4,9-10H2,1H3. The normalized spacial score (nSPS) is 26.6. The van der Waals surface area contributed by atoms with E-state index < -0.39 is 12.0 Å². The van der Waals surface area contributed by atoms with Crippen molar-refractivity contribution in [3.63, 3.8) is 0 Å². The van der Waals surface area contributed by atoms with Crippen molar-refractivity contribution >= 4 is 0 Å². The minimum Gasteiger partial charge on any atom is -0.406 e. The molecule has 1 saturated carbocycles. The lowest BCUT2D eigenvalue weighted by Gasteiger charge is -2.39. The molecule has 1 aliphatic carbocycles. The predicted molar refractivity (Wildman–Crippen MR) is 71.0 cm³/mol. The van der Waals surface area contributed by atoms with Crippen LogP contribution in [0, 0.1) is 0 Å². The van der Waals surface area contributed by atoms with Crippen LogP contribution in [0.15, 0.2) is 24.3 Å². The zero-order chi connectivity index (χ0) is 15.5. The summed E-state index contributed by atoms with van der Waals surface area (Å²) in [5.41, 5.74) is -0.199. The molecule has 0 radical (unpaired) electrons. The van der Waals surface area contributed by atoms with E-state index in [4.69, 9.17) is 4.74 Å². The van der Waals surface area contributed by atoms with Gasteiger partial charge in [-0.15, -0.1) is 13.2 Å². The van der Waals surface area contributed by atoms with Crippen LogP contribution in [0.25, 0.3) is 0 Å². The Morgan fingerprint density at radius 3 is 2.48 bits per heavy atom. The van der Waals surface area contributed by atoms with Crippen molar-refractivity contribution < 1.29 is 27.8 Å². The molecule has 0 spiro atoms. The highest BCUT2D eigenvalue weighted by Gasteiger charge is 2.39. The van der Waals surface area contributed by atoms with Crippen molar-refractivity contribution in [2.45, 2.75) is 50.2 Å². The molecule has 21 heavy (non-hydrogen) atoms. The predicted octanol–water partition coefficient (Wildman–Crippen LogP) is 3.45. The third-order valence-electron chi connectivity index (χ3n) is 3.88. The number of aliphatic hydroxyl groups is 1. The summed E-state index contributed by atoms with van der Waals surface area (Å²) in [7, 11) is 1.57. The molecule has 0 amide bonds. The second-order valence-corrected chi connectivity index (χ2v) is 5.44. The maximum absolute atomic E-state index is 12.1. The fraction of sp³-hybridized carbons (Fsp3) is 0.600. The van der Waals surface area contributed by atoms with Gasteiger partial charge in [0.15, 0.2) is 0 Å². The summed E-state index contributed by atoms with van der Waals surface area (Å²) < 4.78 is 45.5. The SMILES string of the molecule is COC1CCCCC1(O)Cc1ccc(OC(F)(F)F)cc1. The van der Waals surface area contributed by atoms with E-state index in [-0.39, 0.29) is 11.9 Å². The van der Waals surface area contributed by atoms with Gasteiger partial charge in [0, 0.05) is 13.5 Å². The lowest BCUT2D eigenvalue weighted by molar-refractivity contribution is -0.274. The monoisotopic (exact) mass is 304 g/mol. The van der Waals surface area contributed by atoms with Crippen molar-refractivity contribution in [1.29, 1.82) is 0 Å². The van der Waals surface area contributed by atoms with Crippen molar-refractivity contribution in [1.82, 2.24) is 0 Å². The van der Waals surface area contributed by atoms with Crippen LogP contribution in [0.3, 0.4) is 0 Å². The van der Waals surface area contributed by atoms with E-state index in [9.17, 15) is 18.3 Å². The quantitative estimate of drug-likeness (QED) is 0.926. The van der Waals surface area contributed by atoms with E-state index in [1.54, 1.807) is 19.2 Å². The second kappa shape index (κ2) is 6.23. The van der Waals surface area contributed by atoms with Crippen LogP contribution in [0.5, 0.6) is 5.75 Å². The Morgan fingerprint density at radius 2 is 1.90 bits per heavy atom. The van der Waals surface area contributed by atoms with Gasteiger partial charge in [-0.2, -0.15) is 0 Å². The van der Waals surface area contributed by atoms with Crippen molar-refractivity contribution in [3.8, 4) is 5.75 Å². The first-order chi connectivity index (χ1) is 9.82. The van der Waals surface area contributed by atoms with Crippen LogP contribution < -0.4 is 4.74 Å². The molecule has 6 heteroatoms. The Labute approximate surface area is 121 Å². The molecule has 0 saturated heterocycles. The van der Waals surface area contributed by atoms with E-state index >= 15 is 0 Å². The molecule has 2 atom stereocenters. The average molecular weight is 304 g/mol. The van der Waals surface area contributed by atoms with Gasteiger partial charge in [0.05, 0.1) is 11.7 Å². The number of halogens is 3. The number of hydrogen-bond acceptors (Lipinski definition) is 3. The van der Waals surface area contributed by atoms with Crippen molar-refractivity contribution in [3.05, 3.63) is 29.8 Å². The Bertz CT molecular complexity index is 458. The summed E-state index contributed by atoms with van der Waals surface area (Å²) in [5.74, 6) is -0.259. The van der Waals surface area contributed by atoms with Crippen LogP contribution >= 0.6 is 0 Å². The van der Waals surface area contributed by atoms with Gasteiger partial charge in [0.1, 0.15) is 5.75 Å². The van der Waals surface area contributed by atoms with Crippen molar-refractivity contribution in [2.75, 3.05) is 7.11 Å². The Balaban J connectivity index is 2.05. The fourth-order valence-electron chi connectivity index (χ4n) is 2.89. The third-order valence-corrected chi connectivity index (χ3v) is 3.88. The highest BCUT2D eigenvalue weighted by Crippen LogP contribution is 2.34. The molecule has 1 fully saturated rings. The lowest BCUT2D eigenvalue weighted by Crippen LogP contribution is -2.47. The Hall–Kier alpha value is -1.27. The van der Waals surface area contributed by atoms with Crippen LogP contribution in [-0.4, -0.2) is 30.3 Å². The van der Waals surface area contributed by atoms with Crippen molar-refractivity contribution in [2.24, 2.45) is 0 Å². The Morgan fingerprint density at radius 1 is 1.24 bits per heavy atom. The first kappa shape index (κ1) is 16.1. The number of ether oxygens (including phenoxy) is 2. The summed E-state index contributed by atoms with van der Waals surface area (Å²) >= 11 is 0. The van der Waals surface area contributed by atoms with Gasteiger partial charge < -0.3 is 14.6 Å². The van der Waals surface area contributed by atoms with Crippen LogP contribution in [-0.2, 0) is 11.2 Å². The number of hydrogen-bond donors (Lipinski definition) is 1. The molecule has 1 aromatic carbocycles. The van der Waals surface area contributed by atoms with Gasteiger partial charge in [-0.25, -0.2) is 0 Å². The molecule has 118 valence electrons. The summed E-state index contributed by atoms with van der Waals surface area (Å²) in [6.07, 6.45) is -1.21. The molecular formula is C15H19F3O3. The summed E-state index contributed by atoms with van der Waals surface area (Å²) in [6, 6.07) is 5.61. The second-order valence-electron chi connectivity index (χ2n) is 5.44. The molecule has 2 unspecified atom stereocenters. The molecule has 1 N–H and O–H groups in total. The van der Waals surface area contributed by atoms with Gasteiger partial charge in [-0.05, 0) is 30.5 Å². The van der Waals surface area contributed by atoms with E-state index in [1.165, 1.54) is 12.1 Å². The smallest absolute Gasteiger partial charge is 0.406 e. The van der Waals surface area contributed by atoms with Crippen LogP contribution in [0.4, 0.5) is 13.2 Å². The maximum Gasteiger partial charge on any atom is 0.573 e. The molecule has 2 rings (SSSR count). The van der Waals surface area contributed by atoms with Gasteiger partial charge in [-0.1, -0.05) is 25.0 Å². The summed E-state index contributed by atoms with van der Waals surface area (Å²) in [4.78, 5) is 0. The Kier molecular flexibility index (Phi) is 4.78. The molecule has 0 aliphatic heterocycles. The molecule has 1 aliphatic rings. The molecule has 0 aromatic heterocycles. The van der Waals surface area contributed by atoms with E-state index in [1.807, 2.05) is 0 Å². The van der Waals surface area contributed by atoms with E-state index in [0.29, 0.717) is 12.8 Å². The molecule has 1 aromatic rings. The van der Waals surface area contributed by atoms with Crippen LogP contribution in [0.1, 0.15) is 31.2 Å². The molecule has 0 bridgehead atoms. The zero-order valence-corrected chi connectivity index (χ0v) is 11.8. The lowest BCUT2D eigenvalue weighted by atomic mass is 9.78. The topological polar surface area (TPSA) is 38.7 Å². The fourth-order valence-corrected chi connectivity index (χ4v) is 2.89. The van der Waals surface area contributed by atoms with E-state index in [0.717, 1.165) is 24.8 Å². The summed E-state index contributed by atoms with van der Waals surface area (Å²) in [5, 5.41) is 10.7. The minimum absolute atomic E-state index is 0.239. The van der Waals surface area contributed by atoms with Gasteiger partial charge in [-0.3, -0.25) is 0 Å². The zero-order valence-electron chi connectivity index (χ0n) is 11.8. The third kappa shape index (κ3) is 4.35. The van der Waals surface area contributed by atoms with Gasteiger partial charge >= 0.3 is 6.36 Å². The minimum atomic E-state index is -4.69. The number of alkyl halides is 3. The average Bonchev–Trinajstić information content (AvgIpc) is 2.40.